The molecule has 0 aliphatic carbocycles. The average Bonchev–Trinajstić information content (AvgIpc) is 2.72. The summed E-state index contributed by atoms with van der Waals surface area (Å²) in [7, 11) is 0. The number of benzene rings is 2. The van der Waals surface area contributed by atoms with Crippen molar-refractivity contribution in [2.45, 2.75) is 25.0 Å². The maximum absolute atomic E-state index is 11.9. The van der Waals surface area contributed by atoms with Crippen molar-refractivity contribution in [3.05, 3.63) is 83.4 Å². The zero-order valence-corrected chi connectivity index (χ0v) is 16.0. The molecule has 0 bridgehead atoms. The molecule has 2 N–H and O–H groups in total. The van der Waals surface area contributed by atoms with Crippen molar-refractivity contribution in [1.29, 1.82) is 0 Å². The molecule has 0 aliphatic rings. The number of hydrogen-bond acceptors (Lipinski definition) is 5. The Kier molecular flexibility index (Phi) is 6.82. The highest BCUT2D eigenvalue weighted by atomic mass is 32.2. The van der Waals surface area contributed by atoms with Gasteiger partial charge in [0.1, 0.15) is 10.8 Å². The molecule has 138 valence electrons. The number of carbonyl (C=O) groups excluding carboxylic acids is 1. The highest BCUT2D eigenvalue weighted by Gasteiger charge is 2.05. The summed E-state index contributed by atoms with van der Waals surface area (Å²) in [6.45, 7) is 3.30. The topological polar surface area (TPSA) is 66.9 Å². The molecule has 0 atom stereocenters. The van der Waals surface area contributed by atoms with Gasteiger partial charge in [0.25, 0.3) is 0 Å². The van der Waals surface area contributed by atoms with E-state index >= 15 is 0 Å². The number of aromatic nitrogens is 2. The Morgan fingerprint density at radius 3 is 2.33 bits per heavy atom. The summed E-state index contributed by atoms with van der Waals surface area (Å²) in [5, 5.41) is 15.2. The summed E-state index contributed by atoms with van der Waals surface area (Å²) < 4.78 is 0. The van der Waals surface area contributed by atoms with E-state index in [1.807, 2.05) is 42.5 Å². The van der Waals surface area contributed by atoms with Crippen LogP contribution in [0.2, 0.25) is 0 Å². The number of rotatable bonds is 8. The molecule has 0 unspecified atom stereocenters. The van der Waals surface area contributed by atoms with Crippen LogP contribution in [0.3, 0.4) is 0 Å². The van der Waals surface area contributed by atoms with Gasteiger partial charge < -0.3 is 10.6 Å². The van der Waals surface area contributed by atoms with Crippen LogP contribution in [-0.2, 0) is 17.9 Å². The first-order valence-corrected chi connectivity index (χ1v) is 9.74. The normalized spacial score (nSPS) is 10.4. The molecular formula is C21H22N4OS. The van der Waals surface area contributed by atoms with E-state index in [1.165, 1.54) is 22.9 Å². The first-order valence-electron chi connectivity index (χ1n) is 8.75. The van der Waals surface area contributed by atoms with E-state index in [-0.39, 0.29) is 5.91 Å². The standard InChI is InChI=1S/C21H22N4OS/c1-16-7-9-18(10-8-16)13-22-19-11-12-21(25-24-19)27-15-20(26)23-14-17-5-3-2-4-6-17/h2-12H,13-15H2,1H3,(H,22,24)(H,23,26). The van der Waals surface area contributed by atoms with Crippen LogP contribution < -0.4 is 10.6 Å². The van der Waals surface area contributed by atoms with Crippen LogP contribution in [0.4, 0.5) is 5.82 Å². The zero-order chi connectivity index (χ0) is 18.9. The lowest BCUT2D eigenvalue weighted by atomic mass is 10.1. The van der Waals surface area contributed by atoms with Gasteiger partial charge >= 0.3 is 0 Å². The fourth-order valence-corrected chi connectivity index (χ4v) is 3.02. The highest BCUT2D eigenvalue weighted by molar-refractivity contribution is 7.99. The van der Waals surface area contributed by atoms with Crippen LogP contribution in [0.15, 0.2) is 71.8 Å². The molecular weight excluding hydrogens is 356 g/mol. The maximum Gasteiger partial charge on any atom is 0.230 e. The molecule has 1 heterocycles. The number of carbonyl (C=O) groups is 1. The van der Waals surface area contributed by atoms with Crippen LogP contribution in [0, 0.1) is 6.92 Å². The Labute approximate surface area is 163 Å². The van der Waals surface area contributed by atoms with E-state index in [1.54, 1.807) is 0 Å². The van der Waals surface area contributed by atoms with Crippen LogP contribution in [-0.4, -0.2) is 21.9 Å². The number of aryl methyl sites for hydroxylation is 1. The van der Waals surface area contributed by atoms with Gasteiger partial charge in [0.05, 0.1) is 5.75 Å². The molecule has 1 aromatic heterocycles. The van der Waals surface area contributed by atoms with E-state index < -0.39 is 0 Å². The SMILES string of the molecule is Cc1ccc(CNc2ccc(SCC(=O)NCc3ccccc3)nn2)cc1. The molecule has 1 amide bonds. The molecule has 0 saturated carbocycles. The predicted octanol–water partition coefficient (Wildman–Crippen LogP) is 3.81. The molecule has 6 heteroatoms. The summed E-state index contributed by atoms with van der Waals surface area (Å²) in [4.78, 5) is 11.9. The summed E-state index contributed by atoms with van der Waals surface area (Å²) in [5.74, 6) is 1.01. The summed E-state index contributed by atoms with van der Waals surface area (Å²) in [5.41, 5.74) is 3.52. The molecule has 27 heavy (non-hydrogen) atoms. The van der Waals surface area contributed by atoms with Gasteiger partial charge in [-0.15, -0.1) is 10.2 Å². The number of hydrogen-bond donors (Lipinski definition) is 2. The van der Waals surface area contributed by atoms with E-state index in [0.717, 1.165) is 10.6 Å². The number of nitrogens with one attached hydrogen (secondary N) is 2. The smallest absolute Gasteiger partial charge is 0.230 e. The Morgan fingerprint density at radius 2 is 1.63 bits per heavy atom. The van der Waals surface area contributed by atoms with Crippen molar-refractivity contribution in [2.24, 2.45) is 0 Å². The number of thioether (sulfide) groups is 1. The van der Waals surface area contributed by atoms with E-state index in [2.05, 4.69) is 52.0 Å². The molecule has 0 aliphatic heterocycles. The zero-order valence-electron chi connectivity index (χ0n) is 15.2. The van der Waals surface area contributed by atoms with Crippen molar-refractivity contribution < 1.29 is 4.79 Å². The number of nitrogens with zero attached hydrogens (tertiary/aromatic N) is 2. The number of amides is 1. The quantitative estimate of drug-likeness (QED) is 0.584. The summed E-state index contributed by atoms with van der Waals surface area (Å²) >= 11 is 1.38. The molecule has 0 fully saturated rings. The van der Waals surface area contributed by atoms with Crippen molar-refractivity contribution in [2.75, 3.05) is 11.1 Å². The van der Waals surface area contributed by atoms with Gasteiger partial charge in [-0.05, 0) is 30.2 Å². The number of anilines is 1. The second-order valence-corrected chi connectivity index (χ2v) is 7.14. The predicted molar refractivity (Wildman–Crippen MR) is 110 cm³/mol. The van der Waals surface area contributed by atoms with Crippen molar-refractivity contribution in [3.63, 3.8) is 0 Å². The van der Waals surface area contributed by atoms with Crippen LogP contribution in [0.25, 0.3) is 0 Å². The highest BCUT2D eigenvalue weighted by Crippen LogP contribution is 2.15. The van der Waals surface area contributed by atoms with Gasteiger partial charge in [-0.3, -0.25) is 4.79 Å². The van der Waals surface area contributed by atoms with Crippen molar-refractivity contribution in [3.8, 4) is 0 Å². The summed E-state index contributed by atoms with van der Waals surface area (Å²) in [6.07, 6.45) is 0. The molecule has 0 spiro atoms. The summed E-state index contributed by atoms with van der Waals surface area (Å²) in [6, 6.07) is 22.0. The first-order chi connectivity index (χ1) is 13.2. The fourth-order valence-electron chi connectivity index (χ4n) is 2.38. The van der Waals surface area contributed by atoms with Crippen LogP contribution in [0.1, 0.15) is 16.7 Å². The Hall–Kier alpha value is -2.86. The third-order valence-corrected chi connectivity index (χ3v) is 4.84. The van der Waals surface area contributed by atoms with Crippen LogP contribution >= 0.6 is 11.8 Å². The Morgan fingerprint density at radius 1 is 0.889 bits per heavy atom. The van der Waals surface area contributed by atoms with Gasteiger partial charge in [0, 0.05) is 13.1 Å². The third-order valence-electron chi connectivity index (χ3n) is 3.92. The van der Waals surface area contributed by atoms with Gasteiger partial charge in [0.15, 0.2) is 0 Å². The maximum atomic E-state index is 11.9. The molecule has 3 aromatic rings. The fraction of sp³-hybridized carbons (Fsp3) is 0.190. The lowest BCUT2D eigenvalue weighted by Crippen LogP contribution is -2.24. The van der Waals surface area contributed by atoms with Crippen molar-refractivity contribution >= 4 is 23.5 Å². The lowest BCUT2D eigenvalue weighted by Gasteiger charge is -2.07. The van der Waals surface area contributed by atoms with Gasteiger partial charge in [0.2, 0.25) is 5.91 Å². The Bertz CT molecular complexity index is 852. The van der Waals surface area contributed by atoms with Crippen molar-refractivity contribution in [1.82, 2.24) is 15.5 Å². The third kappa shape index (κ3) is 6.42. The minimum Gasteiger partial charge on any atom is -0.365 e. The van der Waals surface area contributed by atoms with E-state index in [9.17, 15) is 4.79 Å². The van der Waals surface area contributed by atoms with Gasteiger partial charge in [-0.1, -0.05) is 71.9 Å². The monoisotopic (exact) mass is 378 g/mol. The van der Waals surface area contributed by atoms with E-state index in [0.29, 0.717) is 24.7 Å². The molecule has 0 saturated heterocycles. The first kappa shape index (κ1) is 18.9. The Balaban J connectivity index is 1.40. The van der Waals surface area contributed by atoms with Crippen LogP contribution in [0.5, 0.6) is 0 Å². The minimum absolute atomic E-state index is 0.0211. The largest absolute Gasteiger partial charge is 0.365 e. The van der Waals surface area contributed by atoms with Gasteiger partial charge in [-0.25, -0.2) is 0 Å². The molecule has 2 aromatic carbocycles. The molecule has 0 radical (unpaired) electrons. The second-order valence-electron chi connectivity index (χ2n) is 6.15. The average molecular weight is 379 g/mol. The van der Waals surface area contributed by atoms with Gasteiger partial charge in [-0.2, -0.15) is 0 Å². The molecule has 5 nitrogen and oxygen atoms in total. The molecule has 3 rings (SSSR count). The van der Waals surface area contributed by atoms with E-state index in [4.69, 9.17) is 0 Å². The minimum atomic E-state index is -0.0211. The second kappa shape index (κ2) is 9.73. The lowest BCUT2D eigenvalue weighted by molar-refractivity contribution is -0.118.